The number of hydrogen-bond donors (Lipinski definition) is 0. The minimum Gasteiger partial charge on any atom is -0.0622 e. The van der Waals surface area contributed by atoms with Crippen molar-refractivity contribution in [2.45, 2.75) is 0 Å². The number of benzene rings is 8. The number of rotatable bonds is 5. The van der Waals surface area contributed by atoms with Gasteiger partial charge in [-0.25, -0.2) is 0 Å². The quantitative estimate of drug-likeness (QED) is 0.184. The molecule has 0 fully saturated rings. The monoisotopic (exact) mass is 558 g/mol. The summed E-state index contributed by atoms with van der Waals surface area (Å²) in [6, 6.07) is 65.8. The molecule has 0 spiro atoms. The van der Waals surface area contributed by atoms with Crippen molar-refractivity contribution in [2.75, 3.05) is 0 Å². The molecular weight excluding hydrogens is 528 g/mol. The first-order valence-corrected chi connectivity index (χ1v) is 15.2. The van der Waals surface area contributed by atoms with E-state index in [9.17, 15) is 0 Å². The first-order chi connectivity index (χ1) is 21.8. The number of fused-ring (bicyclic) bond motifs is 2. The molecule has 0 aromatic heterocycles. The standard InChI is InChI=1S/C44H30/c1-3-12-31(13-4-1)32-22-24-33(25-23-32)34-26-28-35(29-27-34)37-16-11-17-38(30-37)44-41-20-9-7-18-39(41)43(36-14-5-2-6-15-36)40-19-8-10-21-42(40)44/h1-30H. The second-order valence-electron chi connectivity index (χ2n) is 11.3. The van der Waals surface area contributed by atoms with Crippen molar-refractivity contribution < 1.29 is 0 Å². The molecule has 44 heavy (non-hydrogen) atoms. The van der Waals surface area contributed by atoms with Crippen LogP contribution < -0.4 is 0 Å². The Labute approximate surface area is 258 Å². The van der Waals surface area contributed by atoms with E-state index < -0.39 is 0 Å². The molecule has 8 aromatic carbocycles. The lowest BCUT2D eigenvalue weighted by Gasteiger charge is -2.18. The molecule has 0 nitrogen and oxygen atoms in total. The average Bonchev–Trinajstić information content (AvgIpc) is 3.11. The lowest BCUT2D eigenvalue weighted by atomic mass is 9.85. The van der Waals surface area contributed by atoms with Gasteiger partial charge >= 0.3 is 0 Å². The lowest BCUT2D eigenvalue weighted by Crippen LogP contribution is -1.91. The molecule has 0 N–H and O–H groups in total. The summed E-state index contributed by atoms with van der Waals surface area (Å²) in [5.41, 5.74) is 12.4. The Morgan fingerprint density at radius 3 is 0.932 bits per heavy atom. The van der Waals surface area contributed by atoms with Crippen molar-refractivity contribution in [1.29, 1.82) is 0 Å². The number of hydrogen-bond acceptors (Lipinski definition) is 0. The molecule has 0 radical (unpaired) electrons. The summed E-state index contributed by atoms with van der Waals surface area (Å²) in [5.74, 6) is 0. The highest BCUT2D eigenvalue weighted by Crippen LogP contribution is 2.44. The largest absolute Gasteiger partial charge is 0.0622 e. The molecule has 0 saturated heterocycles. The predicted molar refractivity (Wildman–Crippen MR) is 189 cm³/mol. The van der Waals surface area contributed by atoms with E-state index in [0.29, 0.717) is 0 Å². The zero-order valence-electron chi connectivity index (χ0n) is 24.3. The predicted octanol–water partition coefficient (Wildman–Crippen LogP) is 12.3. The van der Waals surface area contributed by atoms with Gasteiger partial charge in [-0.2, -0.15) is 0 Å². The molecule has 206 valence electrons. The molecule has 0 unspecified atom stereocenters. The normalized spacial score (nSPS) is 11.2. The second kappa shape index (κ2) is 11.2. The third-order valence-corrected chi connectivity index (χ3v) is 8.69. The van der Waals surface area contributed by atoms with Gasteiger partial charge in [0.25, 0.3) is 0 Å². The van der Waals surface area contributed by atoms with E-state index in [0.717, 1.165) is 0 Å². The van der Waals surface area contributed by atoms with Gasteiger partial charge in [-0.05, 0) is 83.2 Å². The topological polar surface area (TPSA) is 0 Å². The first kappa shape index (κ1) is 25.9. The van der Waals surface area contributed by atoms with Crippen LogP contribution in [0.1, 0.15) is 0 Å². The van der Waals surface area contributed by atoms with Crippen LogP contribution in [0.5, 0.6) is 0 Å². The van der Waals surface area contributed by atoms with Crippen molar-refractivity contribution >= 4 is 21.5 Å². The minimum absolute atomic E-state index is 1.21. The van der Waals surface area contributed by atoms with E-state index in [-0.39, 0.29) is 0 Å². The molecule has 8 aromatic rings. The third-order valence-electron chi connectivity index (χ3n) is 8.69. The Bertz CT molecular complexity index is 2170. The Balaban J connectivity index is 1.20. The first-order valence-electron chi connectivity index (χ1n) is 15.2. The van der Waals surface area contributed by atoms with E-state index in [1.165, 1.54) is 77.2 Å². The van der Waals surface area contributed by atoms with Gasteiger partial charge in [0, 0.05) is 0 Å². The van der Waals surface area contributed by atoms with Crippen molar-refractivity contribution in [3.05, 3.63) is 182 Å². The summed E-state index contributed by atoms with van der Waals surface area (Å²) >= 11 is 0. The van der Waals surface area contributed by atoms with Gasteiger partial charge in [-0.15, -0.1) is 0 Å². The smallest absolute Gasteiger partial charge is 0.00262 e. The van der Waals surface area contributed by atoms with Crippen LogP contribution in [0, 0.1) is 0 Å². The highest BCUT2D eigenvalue weighted by molar-refractivity contribution is 6.21. The third kappa shape index (κ3) is 4.68. The van der Waals surface area contributed by atoms with Gasteiger partial charge in [0.15, 0.2) is 0 Å². The fourth-order valence-corrected chi connectivity index (χ4v) is 6.55. The van der Waals surface area contributed by atoms with E-state index in [1.807, 2.05) is 0 Å². The van der Waals surface area contributed by atoms with Gasteiger partial charge < -0.3 is 0 Å². The van der Waals surface area contributed by atoms with Crippen LogP contribution >= 0.6 is 0 Å². The maximum Gasteiger partial charge on any atom is -0.00262 e. The highest BCUT2D eigenvalue weighted by atomic mass is 14.2. The summed E-state index contributed by atoms with van der Waals surface area (Å²) in [6.45, 7) is 0. The molecule has 0 aliphatic heterocycles. The second-order valence-corrected chi connectivity index (χ2v) is 11.3. The molecule has 0 amide bonds. The van der Waals surface area contributed by atoms with Crippen molar-refractivity contribution in [3.63, 3.8) is 0 Å². The van der Waals surface area contributed by atoms with Crippen LogP contribution in [0.4, 0.5) is 0 Å². The van der Waals surface area contributed by atoms with Crippen LogP contribution in [0.3, 0.4) is 0 Å². The maximum absolute atomic E-state index is 2.35. The summed E-state index contributed by atoms with van der Waals surface area (Å²) in [7, 11) is 0. The lowest BCUT2D eigenvalue weighted by molar-refractivity contribution is 1.57. The Morgan fingerprint density at radius 2 is 0.477 bits per heavy atom. The van der Waals surface area contributed by atoms with E-state index in [2.05, 4.69) is 182 Å². The van der Waals surface area contributed by atoms with Crippen molar-refractivity contribution in [1.82, 2.24) is 0 Å². The van der Waals surface area contributed by atoms with E-state index in [1.54, 1.807) is 0 Å². The van der Waals surface area contributed by atoms with Crippen LogP contribution in [0.25, 0.3) is 77.2 Å². The molecule has 0 aliphatic rings. The average molecular weight is 559 g/mol. The van der Waals surface area contributed by atoms with Crippen LogP contribution in [0.15, 0.2) is 182 Å². The minimum atomic E-state index is 1.21. The molecule has 0 heterocycles. The van der Waals surface area contributed by atoms with Gasteiger partial charge in [-0.1, -0.05) is 176 Å². The summed E-state index contributed by atoms with van der Waals surface area (Å²) in [4.78, 5) is 0. The molecule has 0 heteroatoms. The van der Waals surface area contributed by atoms with E-state index in [4.69, 9.17) is 0 Å². The van der Waals surface area contributed by atoms with Gasteiger partial charge in [0.2, 0.25) is 0 Å². The van der Waals surface area contributed by atoms with Crippen LogP contribution in [-0.4, -0.2) is 0 Å². The summed E-state index contributed by atoms with van der Waals surface area (Å²) in [6.07, 6.45) is 0. The molecule has 0 atom stereocenters. The molecule has 0 aliphatic carbocycles. The zero-order valence-corrected chi connectivity index (χ0v) is 24.3. The Hall–Kier alpha value is -5.72. The fourth-order valence-electron chi connectivity index (χ4n) is 6.55. The molecule has 8 rings (SSSR count). The molecule has 0 saturated carbocycles. The van der Waals surface area contributed by atoms with Gasteiger partial charge in [-0.3, -0.25) is 0 Å². The van der Waals surface area contributed by atoms with Crippen molar-refractivity contribution in [3.8, 4) is 55.6 Å². The van der Waals surface area contributed by atoms with E-state index >= 15 is 0 Å². The van der Waals surface area contributed by atoms with Crippen LogP contribution in [-0.2, 0) is 0 Å². The highest BCUT2D eigenvalue weighted by Gasteiger charge is 2.16. The van der Waals surface area contributed by atoms with Crippen LogP contribution in [0.2, 0.25) is 0 Å². The fraction of sp³-hybridized carbons (Fsp3) is 0. The molecule has 0 bridgehead atoms. The maximum atomic E-state index is 2.35. The van der Waals surface area contributed by atoms with Crippen molar-refractivity contribution in [2.24, 2.45) is 0 Å². The summed E-state index contributed by atoms with van der Waals surface area (Å²) < 4.78 is 0. The zero-order chi connectivity index (χ0) is 29.3. The Morgan fingerprint density at radius 1 is 0.182 bits per heavy atom. The SMILES string of the molecule is c1ccc(-c2ccc(-c3ccc(-c4cccc(-c5c6ccccc6c(-c6ccccc6)c6ccccc56)c4)cc3)cc2)cc1. The molecular formula is C44H30. The van der Waals surface area contributed by atoms with Gasteiger partial charge in [0.05, 0.1) is 0 Å². The summed E-state index contributed by atoms with van der Waals surface area (Å²) in [5, 5.41) is 5.11. The Kier molecular flexibility index (Phi) is 6.59. The van der Waals surface area contributed by atoms with Gasteiger partial charge in [0.1, 0.15) is 0 Å².